The van der Waals surface area contributed by atoms with E-state index < -0.39 is 21.6 Å². The lowest BCUT2D eigenvalue weighted by molar-refractivity contribution is -0.145. The first kappa shape index (κ1) is 16.0. The minimum Gasteiger partial charge on any atom is -0.462 e. The number of ether oxygens (including phenoxy) is 1. The van der Waals surface area contributed by atoms with Crippen molar-refractivity contribution in [1.29, 1.82) is 0 Å². The van der Waals surface area contributed by atoms with Crippen molar-refractivity contribution in [3.8, 4) is 0 Å². The molecule has 116 valence electrons. The highest BCUT2D eigenvalue weighted by molar-refractivity contribution is 7.91. The van der Waals surface area contributed by atoms with Gasteiger partial charge in [-0.05, 0) is 36.8 Å². The van der Waals surface area contributed by atoms with Gasteiger partial charge in [-0.3, -0.25) is 4.79 Å². The number of hydrogen-bond acceptors (Lipinski definition) is 5. The zero-order valence-corrected chi connectivity index (χ0v) is 12.6. The maximum Gasteiger partial charge on any atom is 0.321 e. The fourth-order valence-electron chi connectivity index (χ4n) is 2.53. The molecule has 0 radical (unpaired) electrons. The second kappa shape index (κ2) is 7.04. The molecule has 0 aromatic heterocycles. The van der Waals surface area contributed by atoms with E-state index in [9.17, 15) is 13.2 Å². The van der Waals surface area contributed by atoms with Crippen molar-refractivity contribution in [3.05, 3.63) is 35.4 Å². The quantitative estimate of drug-likeness (QED) is 0.807. The second-order valence-corrected chi connectivity index (χ2v) is 7.47. The standard InChI is InChI=1S/C15H20O5S/c16-9-12-4-3-5-13(8-12)10-21(18,19)11-15(17)20-14-6-1-2-7-14/h3-5,8,14,16H,1-2,6-7,9-11H2. The third kappa shape index (κ3) is 5.13. The van der Waals surface area contributed by atoms with Crippen molar-refractivity contribution in [2.45, 2.75) is 44.1 Å². The van der Waals surface area contributed by atoms with Crippen LogP contribution >= 0.6 is 0 Å². The van der Waals surface area contributed by atoms with Crippen molar-refractivity contribution in [3.63, 3.8) is 0 Å². The van der Waals surface area contributed by atoms with Crippen molar-refractivity contribution in [1.82, 2.24) is 0 Å². The van der Waals surface area contributed by atoms with Crippen LogP contribution in [0.5, 0.6) is 0 Å². The molecule has 6 heteroatoms. The van der Waals surface area contributed by atoms with Crippen LogP contribution in [0.3, 0.4) is 0 Å². The Balaban J connectivity index is 1.92. The summed E-state index contributed by atoms with van der Waals surface area (Å²) < 4.78 is 29.2. The molecule has 1 aliphatic rings. The van der Waals surface area contributed by atoms with Gasteiger partial charge in [-0.25, -0.2) is 8.42 Å². The average molecular weight is 312 g/mol. The molecule has 0 saturated heterocycles. The van der Waals surface area contributed by atoms with E-state index >= 15 is 0 Å². The number of benzene rings is 1. The van der Waals surface area contributed by atoms with Gasteiger partial charge in [0.2, 0.25) is 0 Å². The van der Waals surface area contributed by atoms with Crippen LogP contribution in [0.15, 0.2) is 24.3 Å². The molecule has 0 unspecified atom stereocenters. The molecule has 5 nitrogen and oxygen atoms in total. The van der Waals surface area contributed by atoms with Gasteiger partial charge in [0.1, 0.15) is 11.9 Å². The molecule has 1 saturated carbocycles. The fraction of sp³-hybridized carbons (Fsp3) is 0.533. The van der Waals surface area contributed by atoms with E-state index in [-0.39, 0.29) is 18.5 Å². The topological polar surface area (TPSA) is 80.7 Å². The third-order valence-electron chi connectivity index (χ3n) is 3.50. The SMILES string of the molecule is O=C(CS(=O)(=O)Cc1cccc(CO)c1)OC1CCCC1. The Bertz CT molecular complexity index is 588. The number of sulfone groups is 1. The Hall–Kier alpha value is -1.40. The van der Waals surface area contributed by atoms with Crippen molar-refractivity contribution in [2.24, 2.45) is 0 Å². The van der Waals surface area contributed by atoms with Crippen molar-refractivity contribution in [2.75, 3.05) is 5.75 Å². The highest BCUT2D eigenvalue weighted by atomic mass is 32.2. The summed E-state index contributed by atoms with van der Waals surface area (Å²) in [6, 6.07) is 6.69. The van der Waals surface area contributed by atoms with Crippen LogP contribution in [0.1, 0.15) is 36.8 Å². The molecule has 1 fully saturated rings. The highest BCUT2D eigenvalue weighted by Gasteiger charge is 2.23. The van der Waals surface area contributed by atoms with Gasteiger partial charge in [-0.15, -0.1) is 0 Å². The molecule has 0 aliphatic heterocycles. The van der Waals surface area contributed by atoms with Crippen LogP contribution in [0.4, 0.5) is 0 Å². The van der Waals surface area contributed by atoms with Crippen LogP contribution < -0.4 is 0 Å². The molecule has 21 heavy (non-hydrogen) atoms. The van der Waals surface area contributed by atoms with Crippen molar-refractivity contribution < 1.29 is 23.1 Å². The molecule has 0 bridgehead atoms. The van der Waals surface area contributed by atoms with Crippen LogP contribution in [0.2, 0.25) is 0 Å². The molecule has 1 aromatic rings. The summed E-state index contributed by atoms with van der Waals surface area (Å²) in [6.45, 7) is -0.141. The Morgan fingerprint density at radius 2 is 1.90 bits per heavy atom. The minimum atomic E-state index is -3.56. The summed E-state index contributed by atoms with van der Waals surface area (Å²) in [5.41, 5.74) is 1.21. The first-order chi connectivity index (χ1) is 9.98. The van der Waals surface area contributed by atoms with Gasteiger partial charge >= 0.3 is 5.97 Å². The number of aliphatic hydroxyl groups is 1. The Kier molecular flexibility index (Phi) is 5.36. The van der Waals surface area contributed by atoms with Gasteiger partial charge in [0.25, 0.3) is 0 Å². The Morgan fingerprint density at radius 3 is 2.57 bits per heavy atom. The number of aliphatic hydroxyl groups excluding tert-OH is 1. The average Bonchev–Trinajstić information content (AvgIpc) is 2.90. The monoisotopic (exact) mass is 312 g/mol. The molecule has 0 heterocycles. The number of esters is 1. The number of hydrogen-bond donors (Lipinski definition) is 1. The summed E-state index contributed by atoms with van der Waals surface area (Å²) in [6.07, 6.45) is 3.58. The molecule has 1 N–H and O–H groups in total. The summed E-state index contributed by atoms with van der Waals surface area (Å²) in [4.78, 5) is 11.7. The molecular weight excluding hydrogens is 292 g/mol. The Labute approximate surface area is 124 Å². The summed E-state index contributed by atoms with van der Waals surface area (Å²) in [7, 11) is -3.56. The van der Waals surface area contributed by atoms with Gasteiger partial charge in [0.15, 0.2) is 9.84 Å². The first-order valence-corrected chi connectivity index (χ1v) is 8.89. The highest BCUT2D eigenvalue weighted by Crippen LogP contribution is 2.21. The van der Waals surface area contributed by atoms with Crippen LogP contribution in [0.25, 0.3) is 0 Å². The fourth-order valence-corrected chi connectivity index (χ4v) is 3.75. The van der Waals surface area contributed by atoms with E-state index in [4.69, 9.17) is 9.84 Å². The first-order valence-electron chi connectivity index (χ1n) is 7.07. The van der Waals surface area contributed by atoms with Gasteiger partial charge in [-0.2, -0.15) is 0 Å². The van der Waals surface area contributed by atoms with Crippen molar-refractivity contribution >= 4 is 15.8 Å². The summed E-state index contributed by atoms with van der Waals surface area (Å²) in [5, 5.41) is 9.04. The van der Waals surface area contributed by atoms with Gasteiger partial charge in [-0.1, -0.05) is 24.3 Å². The molecule has 1 aliphatic carbocycles. The van der Waals surface area contributed by atoms with E-state index in [1.807, 2.05) is 0 Å². The number of rotatable bonds is 6. The van der Waals surface area contributed by atoms with E-state index in [0.717, 1.165) is 25.7 Å². The largest absolute Gasteiger partial charge is 0.462 e. The zero-order valence-electron chi connectivity index (χ0n) is 11.8. The maximum absolute atomic E-state index is 12.0. The molecule has 0 spiro atoms. The van der Waals surface area contributed by atoms with E-state index in [0.29, 0.717) is 11.1 Å². The lowest BCUT2D eigenvalue weighted by Crippen LogP contribution is -2.23. The molecule has 0 atom stereocenters. The van der Waals surface area contributed by atoms with Gasteiger partial charge in [0.05, 0.1) is 12.4 Å². The molecular formula is C15H20O5S. The Morgan fingerprint density at radius 1 is 1.24 bits per heavy atom. The van der Waals surface area contributed by atoms with Crippen LogP contribution in [0, 0.1) is 0 Å². The maximum atomic E-state index is 12.0. The van der Waals surface area contributed by atoms with E-state index in [1.54, 1.807) is 24.3 Å². The number of carbonyl (C=O) groups excluding carboxylic acids is 1. The normalized spacial score (nSPS) is 16.0. The lowest BCUT2D eigenvalue weighted by atomic mass is 10.1. The third-order valence-corrected chi connectivity index (χ3v) is 4.95. The molecule has 1 aromatic carbocycles. The molecule has 2 rings (SSSR count). The molecule has 0 amide bonds. The van der Waals surface area contributed by atoms with Crippen LogP contribution in [-0.4, -0.2) is 31.4 Å². The second-order valence-electron chi connectivity index (χ2n) is 5.41. The van der Waals surface area contributed by atoms with Gasteiger partial charge in [0, 0.05) is 0 Å². The summed E-state index contributed by atoms with van der Waals surface area (Å²) in [5.74, 6) is -1.48. The number of carbonyl (C=O) groups is 1. The van der Waals surface area contributed by atoms with Gasteiger partial charge < -0.3 is 9.84 Å². The smallest absolute Gasteiger partial charge is 0.321 e. The summed E-state index contributed by atoms with van der Waals surface area (Å²) >= 11 is 0. The van der Waals surface area contributed by atoms with Crippen LogP contribution in [-0.2, 0) is 31.7 Å². The zero-order chi connectivity index (χ0) is 15.3. The predicted octanol–water partition coefficient (Wildman–Crippen LogP) is 1.58. The van der Waals surface area contributed by atoms with E-state index in [1.165, 1.54) is 0 Å². The minimum absolute atomic E-state index is 0.120. The predicted molar refractivity (Wildman–Crippen MR) is 78.2 cm³/mol. The van der Waals surface area contributed by atoms with E-state index in [2.05, 4.69) is 0 Å². The lowest BCUT2D eigenvalue weighted by Gasteiger charge is -2.11.